The van der Waals surface area contributed by atoms with Gasteiger partial charge in [-0.05, 0) is 98.7 Å². The maximum absolute atomic E-state index is 13.1. The van der Waals surface area contributed by atoms with Gasteiger partial charge in [0.2, 0.25) is 0 Å². The molecule has 3 aromatic carbocycles. The molecule has 2 aliphatic rings. The summed E-state index contributed by atoms with van der Waals surface area (Å²) in [5.41, 5.74) is 6.89. The smallest absolute Gasteiger partial charge is 0.280 e. The first-order valence-electron chi connectivity index (χ1n) is 14.3. The first kappa shape index (κ1) is 26.7. The maximum atomic E-state index is 13.1. The Balaban J connectivity index is 1.20. The second kappa shape index (κ2) is 12.3. The van der Waals surface area contributed by atoms with Crippen LogP contribution in [0.3, 0.4) is 0 Å². The molecule has 0 radical (unpaired) electrons. The van der Waals surface area contributed by atoms with Crippen LogP contribution in [0.25, 0.3) is 6.08 Å². The van der Waals surface area contributed by atoms with Gasteiger partial charge in [-0.15, -0.1) is 0 Å². The zero-order chi connectivity index (χ0) is 27.2. The van der Waals surface area contributed by atoms with Gasteiger partial charge in [0, 0.05) is 12.2 Å². The fourth-order valence-electron chi connectivity index (χ4n) is 5.62. The molecule has 1 heterocycles. The summed E-state index contributed by atoms with van der Waals surface area (Å²) in [7, 11) is 0. The second-order valence-corrected chi connectivity index (χ2v) is 10.6. The molecular weight excluding hydrogens is 482 g/mol. The molecule has 1 fully saturated rings. The molecule has 202 valence electrons. The van der Waals surface area contributed by atoms with Gasteiger partial charge < -0.3 is 9.64 Å². The largest absolute Gasteiger partial charge is 0.492 e. The fourth-order valence-corrected chi connectivity index (χ4v) is 5.62. The van der Waals surface area contributed by atoms with E-state index in [0.717, 1.165) is 53.0 Å². The Labute approximate surface area is 232 Å². The molecule has 0 bridgehead atoms. The standard InChI is InChI=1S/C34H39N3O2/c1-4-36(21-22-39-32-19-16-28(17-20-32)27-11-7-5-8-12-27)31-18-15-29(25(2)23-31)24-33-26(3)35-37(34(33)38)30-13-9-6-10-14-30/h6,9-10,13-20,23-24,27H,4-5,7-8,11-12,21-22H2,1-3H3/b33-24+. The summed E-state index contributed by atoms with van der Waals surface area (Å²) in [6, 6.07) is 24.7. The monoisotopic (exact) mass is 521 g/mol. The Kier molecular flexibility index (Phi) is 8.45. The highest BCUT2D eigenvalue weighted by molar-refractivity contribution is 6.32. The molecular formula is C34H39N3O2. The van der Waals surface area contributed by atoms with Crippen LogP contribution in [0.2, 0.25) is 0 Å². The minimum absolute atomic E-state index is 0.0960. The average Bonchev–Trinajstić information content (AvgIpc) is 3.26. The van der Waals surface area contributed by atoms with Gasteiger partial charge in [-0.3, -0.25) is 4.79 Å². The first-order valence-corrected chi connectivity index (χ1v) is 14.3. The zero-order valence-corrected chi connectivity index (χ0v) is 23.4. The topological polar surface area (TPSA) is 45.1 Å². The molecule has 39 heavy (non-hydrogen) atoms. The van der Waals surface area contributed by atoms with Gasteiger partial charge in [-0.2, -0.15) is 10.1 Å². The Morgan fingerprint density at radius 2 is 1.72 bits per heavy atom. The number of nitrogens with zero attached hydrogens (tertiary/aromatic N) is 3. The highest BCUT2D eigenvalue weighted by atomic mass is 16.5. The lowest BCUT2D eigenvalue weighted by molar-refractivity contribution is -0.114. The van der Waals surface area contributed by atoms with Crippen molar-refractivity contribution in [2.75, 3.05) is 29.6 Å². The summed E-state index contributed by atoms with van der Waals surface area (Å²) in [4.78, 5) is 15.4. The zero-order valence-electron chi connectivity index (χ0n) is 23.4. The molecule has 0 unspecified atom stereocenters. The molecule has 1 aliphatic heterocycles. The fraction of sp³-hybridized carbons (Fsp3) is 0.353. The number of benzene rings is 3. The number of rotatable bonds is 9. The van der Waals surface area contributed by atoms with E-state index in [1.807, 2.05) is 43.3 Å². The predicted octanol–water partition coefficient (Wildman–Crippen LogP) is 7.75. The number of carbonyl (C=O) groups excluding carboxylic acids is 1. The van der Waals surface area contributed by atoms with Gasteiger partial charge in [-0.1, -0.05) is 55.7 Å². The third kappa shape index (κ3) is 6.25. The van der Waals surface area contributed by atoms with E-state index >= 15 is 0 Å². The van der Waals surface area contributed by atoms with Gasteiger partial charge >= 0.3 is 0 Å². The van der Waals surface area contributed by atoms with Crippen molar-refractivity contribution in [3.8, 4) is 5.75 Å². The number of para-hydroxylation sites is 1. The van der Waals surface area contributed by atoms with E-state index in [9.17, 15) is 4.79 Å². The van der Waals surface area contributed by atoms with Crippen LogP contribution in [0.1, 0.15) is 68.6 Å². The van der Waals surface area contributed by atoms with Crippen LogP contribution in [0.15, 0.2) is 83.5 Å². The molecule has 5 rings (SSSR count). The van der Waals surface area contributed by atoms with Crippen LogP contribution in [0.4, 0.5) is 11.4 Å². The summed E-state index contributed by atoms with van der Waals surface area (Å²) in [5.74, 6) is 1.56. The molecule has 1 saturated carbocycles. The predicted molar refractivity (Wildman–Crippen MR) is 162 cm³/mol. The number of hydrogen-bond acceptors (Lipinski definition) is 4. The van der Waals surface area contributed by atoms with E-state index in [1.54, 1.807) is 0 Å². The number of likely N-dealkylation sites (N-methyl/N-ethyl adjacent to an activating group) is 1. The van der Waals surface area contributed by atoms with Crippen molar-refractivity contribution in [3.63, 3.8) is 0 Å². The van der Waals surface area contributed by atoms with Crippen LogP contribution in [-0.4, -0.2) is 31.3 Å². The lowest BCUT2D eigenvalue weighted by atomic mass is 9.84. The van der Waals surface area contributed by atoms with Gasteiger partial charge in [0.15, 0.2) is 0 Å². The van der Waals surface area contributed by atoms with Crippen molar-refractivity contribution in [3.05, 3.63) is 95.1 Å². The van der Waals surface area contributed by atoms with Crippen LogP contribution < -0.4 is 14.6 Å². The molecule has 0 aromatic heterocycles. The average molecular weight is 522 g/mol. The maximum Gasteiger partial charge on any atom is 0.280 e. The quantitative estimate of drug-likeness (QED) is 0.270. The number of hydrazone groups is 1. The number of ether oxygens (including phenoxy) is 1. The van der Waals surface area contributed by atoms with Gasteiger partial charge in [0.05, 0.1) is 23.5 Å². The Morgan fingerprint density at radius 3 is 2.41 bits per heavy atom. The highest BCUT2D eigenvalue weighted by Crippen LogP contribution is 2.33. The molecule has 0 N–H and O–H groups in total. The summed E-state index contributed by atoms with van der Waals surface area (Å²) in [6.45, 7) is 8.46. The van der Waals surface area contributed by atoms with Crippen molar-refractivity contribution < 1.29 is 9.53 Å². The number of hydrogen-bond donors (Lipinski definition) is 0. The summed E-state index contributed by atoms with van der Waals surface area (Å²) in [5, 5.41) is 5.98. The molecule has 0 saturated heterocycles. The van der Waals surface area contributed by atoms with Crippen molar-refractivity contribution >= 4 is 29.1 Å². The van der Waals surface area contributed by atoms with Crippen molar-refractivity contribution in [1.82, 2.24) is 0 Å². The minimum atomic E-state index is -0.0960. The molecule has 0 spiro atoms. The lowest BCUT2D eigenvalue weighted by Gasteiger charge is -2.24. The van der Waals surface area contributed by atoms with Crippen LogP contribution >= 0.6 is 0 Å². The van der Waals surface area contributed by atoms with E-state index in [4.69, 9.17) is 4.74 Å². The highest BCUT2D eigenvalue weighted by Gasteiger charge is 2.28. The molecule has 0 atom stereocenters. The first-order chi connectivity index (χ1) is 19.0. The number of anilines is 2. The van der Waals surface area contributed by atoms with Gasteiger partial charge in [0.25, 0.3) is 5.91 Å². The molecule has 3 aromatic rings. The van der Waals surface area contributed by atoms with E-state index in [2.05, 4.69) is 66.3 Å². The van der Waals surface area contributed by atoms with Crippen molar-refractivity contribution in [1.29, 1.82) is 0 Å². The molecule has 5 nitrogen and oxygen atoms in total. The molecule has 5 heteroatoms. The third-order valence-corrected chi connectivity index (χ3v) is 7.95. The Hall–Kier alpha value is -3.86. The van der Waals surface area contributed by atoms with Gasteiger partial charge in [0.1, 0.15) is 12.4 Å². The van der Waals surface area contributed by atoms with Crippen molar-refractivity contribution in [2.45, 2.75) is 58.8 Å². The van der Waals surface area contributed by atoms with Crippen LogP contribution in [0.5, 0.6) is 5.75 Å². The summed E-state index contributed by atoms with van der Waals surface area (Å²) < 4.78 is 6.11. The molecule has 1 amide bonds. The summed E-state index contributed by atoms with van der Waals surface area (Å²) >= 11 is 0. The Morgan fingerprint density at radius 1 is 0.974 bits per heavy atom. The number of carbonyl (C=O) groups is 1. The van der Waals surface area contributed by atoms with Crippen LogP contribution in [0, 0.1) is 6.92 Å². The normalized spacial score (nSPS) is 17.0. The van der Waals surface area contributed by atoms with Gasteiger partial charge in [-0.25, -0.2) is 0 Å². The minimum Gasteiger partial charge on any atom is -0.492 e. The summed E-state index contributed by atoms with van der Waals surface area (Å²) in [6.07, 6.45) is 8.68. The van der Waals surface area contributed by atoms with E-state index in [-0.39, 0.29) is 5.91 Å². The number of aryl methyl sites for hydroxylation is 1. The number of amides is 1. The third-order valence-electron chi connectivity index (χ3n) is 7.95. The SMILES string of the molecule is CCN(CCOc1ccc(C2CCCCC2)cc1)c1ccc(/C=C2/C(=O)N(c3ccccc3)N=C2C)c(C)c1. The molecule has 1 aliphatic carbocycles. The Bertz CT molecular complexity index is 1340. The van der Waals surface area contributed by atoms with E-state index in [0.29, 0.717) is 12.2 Å². The second-order valence-electron chi connectivity index (χ2n) is 10.6. The van der Waals surface area contributed by atoms with E-state index in [1.165, 1.54) is 42.7 Å². The van der Waals surface area contributed by atoms with Crippen LogP contribution in [-0.2, 0) is 4.79 Å². The van der Waals surface area contributed by atoms with E-state index < -0.39 is 0 Å². The van der Waals surface area contributed by atoms with Crippen molar-refractivity contribution in [2.24, 2.45) is 5.10 Å². The lowest BCUT2D eigenvalue weighted by Crippen LogP contribution is -2.28.